The number of piperazine rings is 1. The molecule has 1 saturated heterocycles. The van der Waals surface area contributed by atoms with Gasteiger partial charge in [0, 0.05) is 44.5 Å². The van der Waals surface area contributed by atoms with Gasteiger partial charge >= 0.3 is 0 Å². The molecule has 1 aliphatic heterocycles. The third-order valence-electron chi connectivity index (χ3n) is 4.29. The first-order chi connectivity index (χ1) is 9.60. The Morgan fingerprint density at radius 2 is 1.95 bits per heavy atom. The molecule has 0 amide bonds. The van der Waals surface area contributed by atoms with Crippen LogP contribution in [0.4, 0.5) is 0 Å². The molecule has 4 nitrogen and oxygen atoms in total. The van der Waals surface area contributed by atoms with Gasteiger partial charge in [-0.05, 0) is 39.1 Å². The summed E-state index contributed by atoms with van der Waals surface area (Å²) in [4.78, 5) is 9.58. The number of pyridine rings is 1. The smallest absolute Gasteiger partial charge is 0.0544 e. The van der Waals surface area contributed by atoms with Crippen LogP contribution in [0.5, 0.6) is 0 Å². The standard InChI is InChI=1S/C16H28N4/c1-5-17-8-15-6-7-16(18-9-15)12-20-10-13(2)19(4)14(3)11-20/h6-7,9,13-14,17H,5,8,10-12H2,1-4H3. The summed E-state index contributed by atoms with van der Waals surface area (Å²) in [5, 5.41) is 3.33. The van der Waals surface area contributed by atoms with Crippen molar-refractivity contribution in [2.24, 2.45) is 0 Å². The molecule has 112 valence electrons. The minimum atomic E-state index is 0.617. The molecule has 20 heavy (non-hydrogen) atoms. The van der Waals surface area contributed by atoms with E-state index in [2.05, 4.69) is 60.1 Å². The van der Waals surface area contributed by atoms with Gasteiger partial charge in [-0.2, -0.15) is 0 Å². The second-order valence-electron chi connectivity index (χ2n) is 6.00. The van der Waals surface area contributed by atoms with Crippen LogP contribution in [0.3, 0.4) is 0 Å². The zero-order valence-corrected chi connectivity index (χ0v) is 13.3. The third kappa shape index (κ3) is 4.01. The Morgan fingerprint density at radius 3 is 2.50 bits per heavy atom. The summed E-state index contributed by atoms with van der Waals surface area (Å²) >= 11 is 0. The van der Waals surface area contributed by atoms with E-state index in [0.717, 1.165) is 32.7 Å². The first-order valence-electron chi connectivity index (χ1n) is 7.69. The molecule has 2 rings (SSSR count). The number of rotatable bonds is 5. The lowest BCUT2D eigenvalue weighted by molar-refractivity contribution is 0.0549. The molecule has 1 N–H and O–H groups in total. The normalized spacial score (nSPS) is 25.0. The van der Waals surface area contributed by atoms with Crippen LogP contribution in [-0.4, -0.2) is 53.5 Å². The Labute approximate surface area is 123 Å². The summed E-state index contributed by atoms with van der Waals surface area (Å²) in [6.45, 7) is 11.8. The van der Waals surface area contributed by atoms with Gasteiger partial charge in [0.2, 0.25) is 0 Å². The quantitative estimate of drug-likeness (QED) is 0.887. The molecule has 2 heterocycles. The van der Waals surface area contributed by atoms with Crippen molar-refractivity contribution in [3.63, 3.8) is 0 Å². The monoisotopic (exact) mass is 276 g/mol. The minimum Gasteiger partial charge on any atom is -0.313 e. The molecule has 1 fully saturated rings. The van der Waals surface area contributed by atoms with E-state index in [1.807, 2.05) is 6.20 Å². The van der Waals surface area contributed by atoms with Gasteiger partial charge < -0.3 is 5.32 Å². The number of nitrogens with zero attached hydrogens (tertiary/aromatic N) is 3. The van der Waals surface area contributed by atoms with Crippen LogP contribution >= 0.6 is 0 Å². The van der Waals surface area contributed by atoms with Crippen molar-refractivity contribution in [2.75, 3.05) is 26.7 Å². The Balaban J connectivity index is 1.90. The van der Waals surface area contributed by atoms with Crippen LogP contribution in [0.15, 0.2) is 18.3 Å². The summed E-state index contributed by atoms with van der Waals surface area (Å²) in [5.74, 6) is 0. The highest BCUT2D eigenvalue weighted by atomic mass is 15.3. The van der Waals surface area contributed by atoms with E-state index in [0.29, 0.717) is 12.1 Å². The van der Waals surface area contributed by atoms with Gasteiger partial charge in [0.05, 0.1) is 5.69 Å². The number of hydrogen-bond donors (Lipinski definition) is 1. The fourth-order valence-corrected chi connectivity index (χ4v) is 2.79. The Morgan fingerprint density at radius 1 is 1.25 bits per heavy atom. The van der Waals surface area contributed by atoms with Crippen molar-refractivity contribution in [3.8, 4) is 0 Å². The number of likely N-dealkylation sites (N-methyl/N-ethyl adjacent to an activating group) is 1. The molecule has 1 aromatic rings. The lowest BCUT2D eigenvalue weighted by atomic mass is 10.1. The molecule has 1 aromatic heterocycles. The van der Waals surface area contributed by atoms with E-state index in [4.69, 9.17) is 0 Å². The summed E-state index contributed by atoms with van der Waals surface area (Å²) < 4.78 is 0. The topological polar surface area (TPSA) is 31.4 Å². The number of nitrogens with one attached hydrogen (secondary N) is 1. The molecule has 2 atom stereocenters. The van der Waals surface area contributed by atoms with Crippen molar-refractivity contribution in [1.82, 2.24) is 20.1 Å². The highest BCUT2D eigenvalue weighted by Gasteiger charge is 2.26. The molecule has 4 heteroatoms. The summed E-state index contributed by atoms with van der Waals surface area (Å²) in [7, 11) is 2.22. The molecular formula is C16H28N4. The highest BCUT2D eigenvalue weighted by molar-refractivity contribution is 5.14. The van der Waals surface area contributed by atoms with E-state index in [1.54, 1.807) is 0 Å². The fraction of sp³-hybridized carbons (Fsp3) is 0.688. The molecule has 0 bridgehead atoms. The van der Waals surface area contributed by atoms with Gasteiger partial charge in [0.25, 0.3) is 0 Å². The van der Waals surface area contributed by atoms with Crippen LogP contribution in [0, 0.1) is 0 Å². The van der Waals surface area contributed by atoms with Crippen LogP contribution < -0.4 is 5.32 Å². The zero-order chi connectivity index (χ0) is 14.5. The van der Waals surface area contributed by atoms with E-state index in [9.17, 15) is 0 Å². The van der Waals surface area contributed by atoms with E-state index in [1.165, 1.54) is 11.3 Å². The second-order valence-corrected chi connectivity index (χ2v) is 6.00. The van der Waals surface area contributed by atoms with Crippen molar-refractivity contribution in [3.05, 3.63) is 29.6 Å². The maximum absolute atomic E-state index is 4.60. The molecular weight excluding hydrogens is 248 g/mol. The number of aromatic nitrogens is 1. The van der Waals surface area contributed by atoms with Crippen molar-refractivity contribution >= 4 is 0 Å². The van der Waals surface area contributed by atoms with Gasteiger partial charge in [-0.25, -0.2) is 0 Å². The zero-order valence-electron chi connectivity index (χ0n) is 13.3. The first kappa shape index (κ1) is 15.4. The van der Waals surface area contributed by atoms with Gasteiger partial charge in [-0.1, -0.05) is 13.0 Å². The van der Waals surface area contributed by atoms with Crippen LogP contribution in [-0.2, 0) is 13.1 Å². The highest BCUT2D eigenvalue weighted by Crippen LogP contribution is 2.15. The van der Waals surface area contributed by atoms with E-state index in [-0.39, 0.29) is 0 Å². The minimum absolute atomic E-state index is 0.617. The average molecular weight is 276 g/mol. The lowest BCUT2D eigenvalue weighted by Crippen LogP contribution is -2.54. The van der Waals surface area contributed by atoms with Crippen molar-refractivity contribution in [2.45, 2.75) is 45.9 Å². The van der Waals surface area contributed by atoms with Crippen LogP contribution in [0.1, 0.15) is 32.0 Å². The molecule has 0 saturated carbocycles. The largest absolute Gasteiger partial charge is 0.313 e. The van der Waals surface area contributed by atoms with Crippen molar-refractivity contribution in [1.29, 1.82) is 0 Å². The lowest BCUT2D eigenvalue weighted by Gasteiger charge is -2.42. The van der Waals surface area contributed by atoms with E-state index >= 15 is 0 Å². The maximum atomic E-state index is 4.60. The van der Waals surface area contributed by atoms with Crippen LogP contribution in [0.25, 0.3) is 0 Å². The van der Waals surface area contributed by atoms with Gasteiger partial charge in [0.15, 0.2) is 0 Å². The predicted octanol–water partition coefficient (Wildman–Crippen LogP) is 1.72. The van der Waals surface area contributed by atoms with E-state index < -0.39 is 0 Å². The second kappa shape index (κ2) is 7.16. The Kier molecular flexibility index (Phi) is 5.52. The average Bonchev–Trinajstić information content (AvgIpc) is 2.44. The third-order valence-corrected chi connectivity index (χ3v) is 4.29. The van der Waals surface area contributed by atoms with Gasteiger partial charge in [-0.15, -0.1) is 0 Å². The number of hydrogen-bond acceptors (Lipinski definition) is 4. The molecule has 2 unspecified atom stereocenters. The summed E-state index contributed by atoms with van der Waals surface area (Å²) in [6, 6.07) is 5.59. The van der Waals surface area contributed by atoms with Gasteiger partial charge in [0.1, 0.15) is 0 Å². The summed E-state index contributed by atoms with van der Waals surface area (Å²) in [6.07, 6.45) is 2.00. The van der Waals surface area contributed by atoms with Gasteiger partial charge in [-0.3, -0.25) is 14.8 Å². The van der Waals surface area contributed by atoms with Crippen LogP contribution in [0.2, 0.25) is 0 Å². The fourth-order valence-electron chi connectivity index (χ4n) is 2.79. The molecule has 0 radical (unpaired) electrons. The summed E-state index contributed by atoms with van der Waals surface area (Å²) in [5.41, 5.74) is 2.44. The van der Waals surface area contributed by atoms with Crippen molar-refractivity contribution < 1.29 is 0 Å². The Hall–Kier alpha value is -0.970. The molecule has 0 spiro atoms. The molecule has 1 aliphatic rings. The Bertz CT molecular complexity index is 391. The SMILES string of the molecule is CCNCc1ccc(CN2CC(C)N(C)C(C)C2)nc1. The molecule has 0 aromatic carbocycles. The molecule has 0 aliphatic carbocycles. The predicted molar refractivity (Wildman–Crippen MR) is 83.6 cm³/mol. The first-order valence-corrected chi connectivity index (χ1v) is 7.69. The maximum Gasteiger partial charge on any atom is 0.0544 e.